The molecule has 236 valence electrons. The fourth-order valence-corrected chi connectivity index (χ4v) is 4.46. The molecular formula is C29H45F2N5O6. The molecule has 0 unspecified atom stereocenters. The second kappa shape index (κ2) is 13.3. The summed E-state index contributed by atoms with van der Waals surface area (Å²) in [6.45, 7) is 13.0. The van der Waals surface area contributed by atoms with E-state index in [-0.39, 0.29) is 32.6 Å². The molecule has 1 aliphatic heterocycles. The maximum atomic E-state index is 14.5. The van der Waals surface area contributed by atoms with Gasteiger partial charge in [-0.2, -0.15) is 0 Å². The van der Waals surface area contributed by atoms with Gasteiger partial charge in [-0.3, -0.25) is 19.3 Å². The van der Waals surface area contributed by atoms with E-state index in [2.05, 4.69) is 10.6 Å². The van der Waals surface area contributed by atoms with E-state index in [1.54, 1.807) is 60.3 Å². The highest BCUT2D eigenvalue weighted by molar-refractivity contribution is 5.96. The van der Waals surface area contributed by atoms with Crippen molar-refractivity contribution in [2.75, 3.05) is 31.1 Å². The predicted molar refractivity (Wildman–Crippen MR) is 153 cm³/mol. The molecule has 5 N–H and O–H groups in total. The van der Waals surface area contributed by atoms with Gasteiger partial charge in [-0.05, 0) is 67.0 Å². The number of carbonyl (C=O) groups is 4. The third-order valence-corrected chi connectivity index (χ3v) is 7.23. The molecule has 0 saturated carbocycles. The Morgan fingerprint density at radius 3 is 2.24 bits per heavy atom. The minimum Gasteiger partial charge on any atom is -0.444 e. The third kappa shape index (κ3) is 9.35. The van der Waals surface area contributed by atoms with E-state index in [0.29, 0.717) is 0 Å². The van der Waals surface area contributed by atoms with Crippen molar-refractivity contribution < 1.29 is 37.8 Å². The van der Waals surface area contributed by atoms with Crippen LogP contribution in [0.3, 0.4) is 0 Å². The number of ether oxygens (including phenoxy) is 1. The summed E-state index contributed by atoms with van der Waals surface area (Å²) >= 11 is 0. The molecule has 0 aliphatic carbocycles. The zero-order valence-electron chi connectivity index (χ0n) is 25.7. The normalized spacial score (nSPS) is 18.2. The number of alkyl carbamates (subject to hydrolysis) is 1. The van der Waals surface area contributed by atoms with Crippen LogP contribution in [-0.4, -0.2) is 83.3 Å². The van der Waals surface area contributed by atoms with Gasteiger partial charge in [-0.25, -0.2) is 13.6 Å². The maximum Gasteiger partial charge on any atom is 0.408 e. The van der Waals surface area contributed by atoms with Crippen molar-refractivity contribution in [1.29, 1.82) is 0 Å². The molecule has 1 aliphatic rings. The van der Waals surface area contributed by atoms with Gasteiger partial charge in [0.1, 0.15) is 22.9 Å². The van der Waals surface area contributed by atoms with Crippen LogP contribution in [0.25, 0.3) is 0 Å². The molecule has 4 amide bonds. The first kappa shape index (κ1) is 34.9. The highest BCUT2D eigenvalue weighted by Crippen LogP contribution is 2.31. The molecule has 1 saturated heterocycles. The van der Waals surface area contributed by atoms with Crippen molar-refractivity contribution in [3.8, 4) is 0 Å². The number of amides is 4. The van der Waals surface area contributed by atoms with Crippen LogP contribution in [0.15, 0.2) is 18.2 Å². The van der Waals surface area contributed by atoms with Crippen molar-refractivity contribution in [2.24, 2.45) is 17.1 Å². The number of halogens is 2. The van der Waals surface area contributed by atoms with Crippen molar-refractivity contribution >= 4 is 29.5 Å². The molecular weight excluding hydrogens is 552 g/mol. The van der Waals surface area contributed by atoms with Gasteiger partial charge in [-0.1, -0.05) is 13.0 Å². The summed E-state index contributed by atoms with van der Waals surface area (Å²) in [5, 5.41) is 16.5. The number of hydrogen-bond acceptors (Lipinski definition) is 7. The lowest BCUT2D eigenvalue weighted by molar-refractivity contribution is -0.128. The van der Waals surface area contributed by atoms with E-state index in [1.165, 1.54) is 6.07 Å². The number of piperazine rings is 1. The van der Waals surface area contributed by atoms with Gasteiger partial charge in [0.2, 0.25) is 17.7 Å². The number of aliphatic hydroxyl groups excluding tert-OH is 1. The average molecular weight is 598 g/mol. The summed E-state index contributed by atoms with van der Waals surface area (Å²) in [7, 11) is 0. The number of anilines is 1. The SMILES string of the molecule is C[C@H](C[C@H](O)[C@H](CN1CC(=O)N(c2c(F)cccc2F)CC1(C)C)NC(=O)OC(C)(C)C)C(=O)NCC(C)(C)C(N)=O. The highest BCUT2D eigenvalue weighted by atomic mass is 19.1. The van der Waals surface area contributed by atoms with Gasteiger partial charge in [-0.15, -0.1) is 0 Å². The van der Waals surface area contributed by atoms with E-state index in [1.807, 2.05) is 0 Å². The summed E-state index contributed by atoms with van der Waals surface area (Å²) in [5.41, 5.74) is 2.30. The minimum atomic E-state index is -1.25. The lowest BCUT2D eigenvalue weighted by Gasteiger charge is -2.48. The van der Waals surface area contributed by atoms with Crippen molar-refractivity contribution in [3.63, 3.8) is 0 Å². The van der Waals surface area contributed by atoms with E-state index in [9.17, 15) is 33.1 Å². The van der Waals surface area contributed by atoms with E-state index in [4.69, 9.17) is 10.5 Å². The summed E-state index contributed by atoms with van der Waals surface area (Å²) in [4.78, 5) is 52.9. The lowest BCUT2D eigenvalue weighted by Crippen LogP contribution is -2.65. The van der Waals surface area contributed by atoms with Crippen molar-refractivity contribution in [3.05, 3.63) is 29.8 Å². The summed E-state index contributed by atoms with van der Waals surface area (Å²) < 4.78 is 34.4. The molecule has 11 nitrogen and oxygen atoms in total. The van der Waals surface area contributed by atoms with Gasteiger partial charge in [0.15, 0.2) is 0 Å². The maximum absolute atomic E-state index is 14.5. The number of rotatable bonds is 11. The Hall–Kier alpha value is -3.32. The number of hydrogen-bond donors (Lipinski definition) is 4. The Kier molecular flexibility index (Phi) is 11.1. The van der Waals surface area contributed by atoms with Crippen LogP contribution in [0.1, 0.15) is 61.8 Å². The number of nitrogens with two attached hydrogens (primary N) is 1. The van der Waals surface area contributed by atoms with Gasteiger partial charge >= 0.3 is 6.09 Å². The highest BCUT2D eigenvalue weighted by Gasteiger charge is 2.42. The summed E-state index contributed by atoms with van der Waals surface area (Å²) in [5.74, 6) is -4.00. The van der Waals surface area contributed by atoms with E-state index in [0.717, 1.165) is 17.0 Å². The third-order valence-electron chi connectivity index (χ3n) is 7.23. The molecule has 1 aromatic carbocycles. The van der Waals surface area contributed by atoms with Crippen LogP contribution in [0.5, 0.6) is 0 Å². The standard InChI is InChI=1S/C29H45F2N5O6/c1-17(24(39)33-15-28(5,6)25(32)40)12-21(37)20(34-26(41)42-27(2,3)4)13-35-14-22(38)36(16-29(35,7)8)23-18(30)10-9-11-19(23)31/h9-11,17,20-21,37H,12-16H2,1-8H3,(H2,32,40)(H,33,39)(H,34,41)/t17-,20+,21+/m1/s1. The molecule has 1 heterocycles. The quantitative estimate of drug-likeness (QED) is 0.305. The first-order chi connectivity index (χ1) is 19.1. The Bertz CT molecular complexity index is 1150. The Labute approximate surface area is 246 Å². The van der Waals surface area contributed by atoms with Crippen molar-refractivity contribution in [2.45, 2.75) is 85.1 Å². The summed E-state index contributed by atoms with van der Waals surface area (Å²) in [6.07, 6.45) is -2.13. The number of primary amides is 1. The van der Waals surface area contributed by atoms with E-state index < -0.39 is 75.8 Å². The van der Waals surface area contributed by atoms with Gasteiger partial charge in [0.05, 0.1) is 24.1 Å². The minimum absolute atomic E-state index is 0.00434. The molecule has 0 bridgehead atoms. The zero-order chi connectivity index (χ0) is 32.2. The van der Waals surface area contributed by atoms with Crippen LogP contribution in [0.2, 0.25) is 0 Å². The van der Waals surface area contributed by atoms with Gasteiger partial charge in [0, 0.05) is 31.1 Å². The Balaban J connectivity index is 2.23. The molecule has 1 aromatic rings. The van der Waals surface area contributed by atoms with Crippen LogP contribution < -0.4 is 21.3 Å². The second-order valence-corrected chi connectivity index (χ2v) is 13.2. The Morgan fingerprint density at radius 2 is 1.71 bits per heavy atom. The van der Waals surface area contributed by atoms with Crippen LogP contribution in [-0.2, 0) is 19.1 Å². The summed E-state index contributed by atoms with van der Waals surface area (Å²) in [6, 6.07) is 2.39. The first-order valence-corrected chi connectivity index (χ1v) is 13.9. The smallest absolute Gasteiger partial charge is 0.408 e. The van der Waals surface area contributed by atoms with Crippen LogP contribution in [0.4, 0.5) is 19.3 Å². The van der Waals surface area contributed by atoms with Gasteiger partial charge in [0.25, 0.3) is 0 Å². The lowest BCUT2D eigenvalue weighted by atomic mass is 9.91. The number of para-hydroxylation sites is 1. The predicted octanol–water partition coefficient (Wildman–Crippen LogP) is 2.30. The van der Waals surface area contributed by atoms with E-state index >= 15 is 0 Å². The molecule has 0 spiro atoms. The molecule has 0 aromatic heterocycles. The molecule has 1 fully saturated rings. The number of carbonyl (C=O) groups excluding carboxylic acids is 4. The molecule has 3 atom stereocenters. The first-order valence-electron chi connectivity index (χ1n) is 13.9. The second-order valence-electron chi connectivity index (χ2n) is 13.2. The topological polar surface area (TPSA) is 154 Å². The fourth-order valence-electron chi connectivity index (χ4n) is 4.46. The van der Waals surface area contributed by atoms with Crippen LogP contribution in [0, 0.1) is 23.0 Å². The number of nitrogens with zero attached hydrogens (tertiary/aromatic N) is 2. The number of benzene rings is 1. The molecule has 0 radical (unpaired) electrons. The fraction of sp³-hybridized carbons (Fsp3) is 0.655. The average Bonchev–Trinajstić information content (AvgIpc) is 2.83. The molecule has 2 rings (SSSR count). The monoisotopic (exact) mass is 597 g/mol. The zero-order valence-corrected chi connectivity index (χ0v) is 25.7. The Morgan fingerprint density at radius 1 is 1.14 bits per heavy atom. The van der Waals surface area contributed by atoms with Crippen molar-refractivity contribution in [1.82, 2.24) is 15.5 Å². The molecule has 13 heteroatoms. The largest absolute Gasteiger partial charge is 0.444 e. The number of nitrogens with one attached hydrogen (secondary N) is 2. The van der Waals surface area contributed by atoms with Gasteiger partial charge < -0.3 is 31.1 Å². The number of aliphatic hydroxyl groups is 1. The van der Waals surface area contributed by atoms with Crippen LogP contribution >= 0.6 is 0 Å². The molecule has 42 heavy (non-hydrogen) atoms.